The Bertz CT molecular complexity index is 1220. The van der Waals surface area contributed by atoms with Gasteiger partial charge in [-0.05, 0) is 50.6 Å². The number of allylic oxidation sites excluding steroid dienone is 2. The van der Waals surface area contributed by atoms with E-state index in [4.69, 9.17) is 14.2 Å². The molecule has 1 saturated heterocycles. The summed E-state index contributed by atoms with van der Waals surface area (Å²) in [6, 6.07) is 4.76. The highest BCUT2D eigenvalue weighted by molar-refractivity contribution is 6.00. The fourth-order valence-corrected chi connectivity index (χ4v) is 4.06. The summed E-state index contributed by atoms with van der Waals surface area (Å²) in [6.45, 7) is 12.1. The van der Waals surface area contributed by atoms with Gasteiger partial charge in [-0.25, -0.2) is 14.4 Å². The molecular weight excluding hydrogens is 470 g/mol. The molecule has 0 aromatic heterocycles. The zero-order chi connectivity index (χ0) is 26.7. The van der Waals surface area contributed by atoms with Crippen LogP contribution in [0.25, 0.3) is 0 Å². The van der Waals surface area contributed by atoms with Crippen LogP contribution in [0, 0.1) is 16.0 Å². The molecule has 0 amide bonds. The molecule has 36 heavy (non-hydrogen) atoms. The molecule has 10 nitrogen and oxygen atoms in total. The molecule has 0 radical (unpaired) electrons. The van der Waals surface area contributed by atoms with Crippen LogP contribution in [0.5, 0.6) is 0 Å². The van der Waals surface area contributed by atoms with E-state index >= 15 is 0 Å². The number of fused-ring (bicyclic) bond motifs is 1. The summed E-state index contributed by atoms with van der Waals surface area (Å²) >= 11 is 0. The van der Waals surface area contributed by atoms with E-state index in [2.05, 4.69) is 13.2 Å². The van der Waals surface area contributed by atoms with Gasteiger partial charge in [0.1, 0.15) is 6.10 Å². The van der Waals surface area contributed by atoms with Crippen LogP contribution in [-0.4, -0.2) is 46.9 Å². The van der Waals surface area contributed by atoms with Gasteiger partial charge in [-0.2, -0.15) is 0 Å². The van der Waals surface area contributed by atoms with Crippen LogP contribution < -0.4 is 0 Å². The van der Waals surface area contributed by atoms with Crippen molar-refractivity contribution in [2.75, 3.05) is 0 Å². The van der Waals surface area contributed by atoms with Gasteiger partial charge in [-0.3, -0.25) is 14.9 Å². The van der Waals surface area contributed by atoms with Gasteiger partial charge in [0.25, 0.3) is 5.69 Å². The number of ether oxygens (including phenoxy) is 3. The topological polar surface area (TPSA) is 139 Å². The quantitative estimate of drug-likeness (QED) is 0.197. The number of nitro benzene ring substituents is 1. The van der Waals surface area contributed by atoms with Crippen molar-refractivity contribution in [2.24, 2.45) is 5.92 Å². The van der Waals surface area contributed by atoms with Crippen molar-refractivity contribution in [3.8, 4) is 0 Å². The molecule has 1 aromatic rings. The molecule has 0 bridgehead atoms. The number of carbonyl (C=O) groups excluding carboxylic acids is 4. The number of carbonyl (C=O) groups is 4. The average Bonchev–Trinajstić information content (AvgIpc) is 3.09. The minimum Gasteiger partial charge on any atom is -0.458 e. The second kappa shape index (κ2) is 10.5. The average molecular weight is 495 g/mol. The smallest absolute Gasteiger partial charge is 0.338 e. The highest BCUT2D eigenvalue weighted by atomic mass is 16.6. The molecule has 3 rings (SSSR count). The van der Waals surface area contributed by atoms with E-state index in [9.17, 15) is 29.3 Å². The molecule has 2 aliphatic rings. The molecular formula is C26H25NO9. The summed E-state index contributed by atoms with van der Waals surface area (Å²) in [5.41, 5.74) is 0.840. The molecule has 0 saturated carbocycles. The number of non-ortho nitro benzene ring substituents is 1. The Kier molecular flexibility index (Phi) is 7.67. The Labute approximate surface area is 207 Å². The van der Waals surface area contributed by atoms with Crippen LogP contribution >= 0.6 is 0 Å². The predicted octanol–water partition coefficient (Wildman–Crippen LogP) is 3.57. The molecule has 1 aliphatic carbocycles. The number of nitro groups is 1. The first kappa shape index (κ1) is 26.3. The highest BCUT2D eigenvalue weighted by Crippen LogP contribution is 2.39. The van der Waals surface area contributed by atoms with Gasteiger partial charge in [0, 0.05) is 29.7 Å². The standard InChI is InChI=1S/C26H25NO9/c1-13(2)24(29)34-20-11-14(3)10-19(28)12-15(4)22(23-21(20)16(5)25(30)36-23)35-26(31)17-6-8-18(9-7-17)27(32)33/h6-10,12,20-23H,1,5,11H2,2-4H3/b14-10+,15-12-/t20-,21?,22+,23-/m0/s1. The predicted molar refractivity (Wildman–Crippen MR) is 127 cm³/mol. The minimum atomic E-state index is -1.23. The van der Waals surface area contributed by atoms with Gasteiger partial charge in [-0.1, -0.05) is 18.7 Å². The Morgan fingerprint density at radius 1 is 1.11 bits per heavy atom. The van der Waals surface area contributed by atoms with Gasteiger partial charge < -0.3 is 14.2 Å². The molecule has 1 fully saturated rings. The van der Waals surface area contributed by atoms with Crippen LogP contribution in [0.4, 0.5) is 5.69 Å². The van der Waals surface area contributed by atoms with E-state index in [1.54, 1.807) is 6.92 Å². The first-order chi connectivity index (χ1) is 16.9. The molecule has 0 spiro atoms. The number of rotatable bonds is 5. The fraction of sp³-hybridized carbons (Fsp3) is 0.308. The van der Waals surface area contributed by atoms with Gasteiger partial charge >= 0.3 is 17.9 Å². The zero-order valence-corrected chi connectivity index (χ0v) is 20.0. The van der Waals surface area contributed by atoms with E-state index in [1.807, 2.05) is 0 Å². The Balaban J connectivity index is 2.04. The Morgan fingerprint density at radius 2 is 1.75 bits per heavy atom. The van der Waals surface area contributed by atoms with E-state index < -0.39 is 52.8 Å². The van der Waals surface area contributed by atoms with Crippen molar-refractivity contribution in [3.63, 3.8) is 0 Å². The first-order valence-corrected chi connectivity index (χ1v) is 11.0. The van der Waals surface area contributed by atoms with Gasteiger partial charge in [0.05, 0.1) is 16.4 Å². The molecule has 1 unspecified atom stereocenters. The number of ketones is 1. The Hall–Kier alpha value is -4.34. The van der Waals surface area contributed by atoms with Crippen molar-refractivity contribution in [1.82, 2.24) is 0 Å². The number of hydrogen-bond acceptors (Lipinski definition) is 9. The second-order valence-corrected chi connectivity index (χ2v) is 8.76. The zero-order valence-electron chi connectivity index (χ0n) is 20.0. The van der Waals surface area contributed by atoms with E-state index in [0.717, 1.165) is 12.1 Å². The maximum Gasteiger partial charge on any atom is 0.338 e. The largest absolute Gasteiger partial charge is 0.458 e. The maximum atomic E-state index is 12.9. The van der Waals surface area contributed by atoms with Crippen molar-refractivity contribution < 1.29 is 38.3 Å². The number of benzene rings is 1. The second-order valence-electron chi connectivity index (χ2n) is 8.76. The summed E-state index contributed by atoms with van der Waals surface area (Å²) in [5.74, 6) is -3.60. The normalized spacial score (nSPS) is 26.9. The summed E-state index contributed by atoms with van der Waals surface area (Å²) in [5, 5.41) is 10.9. The lowest BCUT2D eigenvalue weighted by molar-refractivity contribution is -0.384. The van der Waals surface area contributed by atoms with Gasteiger partial charge in [0.2, 0.25) is 0 Å². The molecule has 10 heteroatoms. The summed E-state index contributed by atoms with van der Waals surface area (Å²) in [4.78, 5) is 60.8. The van der Waals surface area contributed by atoms with Crippen LogP contribution in [0.2, 0.25) is 0 Å². The lowest BCUT2D eigenvalue weighted by Crippen LogP contribution is -2.43. The van der Waals surface area contributed by atoms with E-state index in [0.29, 0.717) is 5.57 Å². The molecule has 4 atom stereocenters. The van der Waals surface area contributed by atoms with Crippen LogP contribution in [0.1, 0.15) is 37.6 Å². The molecule has 1 aliphatic heterocycles. The lowest BCUT2D eigenvalue weighted by Gasteiger charge is -2.32. The van der Waals surface area contributed by atoms with Crippen molar-refractivity contribution >= 4 is 29.4 Å². The molecule has 1 heterocycles. The molecule has 0 N–H and O–H groups in total. The first-order valence-electron chi connectivity index (χ1n) is 11.0. The van der Waals surface area contributed by atoms with E-state index in [-0.39, 0.29) is 34.4 Å². The molecule has 1 aromatic carbocycles. The minimum absolute atomic E-state index is 0.0116. The summed E-state index contributed by atoms with van der Waals surface area (Å²) in [7, 11) is 0. The van der Waals surface area contributed by atoms with Gasteiger partial charge in [-0.15, -0.1) is 0 Å². The summed E-state index contributed by atoms with van der Waals surface area (Å²) in [6.07, 6.45) is -0.622. The van der Waals surface area contributed by atoms with Crippen molar-refractivity contribution in [2.45, 2.75) is 45.5 Å². The number of hydrogen-bond donors (Lipinski definition) is 0. The van der Waals surface area contributed by atoms with Crippen LogP contribution in [-0.2, 0) is 28.6 Å². The SMILES string of the molecule is C=C(C)C(=O)O[C@H]1C/C(C)=C/C(=O)/C=C(/C)[C@@H](OC(=O)c2ccc([N+](=O)[O-])cc2)[C@H]2OC(=O)C(=C)C12. The van der Waals surface area contributed by atoms with E-state index in [1.165, 1.54) is 38.1 Å². The monoisotopic (exact) mass is 495 g/mol. The van der Waals surface area contributed by atoms with Crippen molar-refractivity contribution in [3.05, 3.63) is 87.5 Å². The Morgan fingerprint density at radius 3 is 2.33 bits per heavy atom. The van der Waals surface area contributed by atoms with Gasteiger partial charge in [0.15, 0.2) is 18.0 Å². The summed E-state index contributed by atoms with van der Waals surface area (Å²) < 4.78 is 16.8. The highest BCUT2D eigenvalue weighted by Gasteiger charge is 2.50. The van der Waals surface area contributed by atoms with Crippen LogP contribution in [0.15, 0.2) is 71.9 Å². The fourth-order valence-electron chi connectivity index (χ4n) is 4.06. The maximum absolute atomic E-state index is 12.9. The number of nitrogens with zero attached hydrogens (tertiary/aromatic N) is 1. The van der Waals surface area contributed by atoms with Crippen LogP contribution in [0.3, 0.4) is 0 Å². The third-order valence-corrected chi connectivity index (χ3v) is 5.85. The number of esters is 3. The third kappa shape index (κ3) is 5.65. The van der Waals surface area contributed by atoms with Crippen molar-refractivity contribution in [1.29, 1.82) is 0 Å². The third-order valence-electron chi connectivity index (χ3n) is 5.85. The lowest BCUT2D eigenvalue weighted by atomic mass is 9.82. The molecule has 188 valence electrons.